The van der Waals surface area contributed by atoms with Crippen molar-refractivity contribution < 1.29 is 14.0 Å². The maximum absolute atomic E-state index is 12.0. The van der Waals surface area contributed by atoms with Crippen LogP contribution in [0.1, 0.15) is 12.8 Å². The molecule has 2 aliphatic rings. The SMILES string of the molecule is O=C1CN(C2CC2)C(=O)N1CCF. The topological polar surface area (TPSA) is 40.6 Å². The van der Waals surface area contributed by atoms with E-state index >= 15 is 0 Å². The minimum Gasteiger partial charge on any atom is -0.312 e. The third-order valence-corrected chi connectivity index (χ3v) is 2.38. The smallest absolute Gasteiger partial charge is 0.312 e. The summed E-state index contributed by atoms with van der Waals surface area (Å²) in [5.41, 5.74) is 0. The van der Waals surface area contributed by atoms with Crippen LogP contribution in [0.4, 0.5) is 9.18 Å². The van der Waals surface area contributed by atoms with Crippen molar-refractivity contribution in [3.8, 4) is 0 Å². The van der Waals surface area contributed by atoms with E-state index < -0.39 is 6.67 Å². The Morgan fingerprint density at radius 1 is 1.38 bits per heavy atom. The summed E-state index contributed by atoms with van der Waals surface area (Å²) in [6.07, 6.45) is 1.95. The molecule has 0 radical (unpaired) electrons. The molecule has 0 aromatic heterocycles. The first-order chi connectivity index (χ1) is 6.24. The molecule has 1 saturated carbocycles. The predicted octanol–water partition coefficient (Wildman–Crippen LogP) is 0.383. The van der Waals surface area contributed by atoms with Gasteiger partial charge in [-0.3, -0.25) is 9.69 Å². The van der Waals surface area contributed by atoms with Crippen molar-refractivity contribution in [1.82, 2.24) is 9.80 Å². The second-order valence-corrected chi connectivity index (χ2v) is 3.38. The van der Waals surface area contributed by atoms with Crippen LogP contribution in [0, 0.1) is 0 Å². The van der Waals surface area contributed by atoms with Crippen LogP contribution < -0.4 is 0 Å². The fourth-order valence-corrected chi connectivity index (χ4v) is 1.54. The number of rotatable bonds is 3. The molecule has 2 rings (SSSR count). The van der Waals surface area contributed by atoms with Crippen LogP contribution in [-0.2, 0) is 4.79 Å². The van der Waals surface area contributed by atoms with Gasteiger partial charge >= 0.3 is 6.03 Å². The molecule has 72 valence electrons. The van der Waals surface area contributed by atoms with Crippen LogP contribution in [0.2, 0.25) is 0 Å². The summed E-state index contributed by atoms with van der Waals surface area (Å²) >= 11 is 0. The van der Waals surface area contributed by atoms with Crippen molar-refractivity contribution in [2.45, 2.75) is 18.9 Å². The number of alkyl halides is 1. The standard InChI is InChI=1S/C8H11FN2O2/c9-3-4-10-7(12)5-11(8(10)13)6-1-2-6/h6H,1-5H2. The molecule has 13 heavy (non-hydrogen) atoms. The van der Waals surface area contributed by atoms with E-state index in [1.807, 2.05) is 0 Å². The number of hydrogen-bond acceptors (Lipinski definition) is 2. The molecule has 3 amide bonds. The lowest BCUT2D eigenvalue weighted by atomic mass is 10.5. The Balaban J connectivity index is 2.04. The molecule has 0 bridgehead atoms. The van der Waals surface area contributed by atoms with Crippen LogP contribution in [0.5, 0.6) is 0 Å². The summed E-state index contributed by atoms with van der Waals surface area (Å²) in [5, 5.41) is 0. The highest BCUT2D eigenvalue weighted by atomic mass is 19.1. The van der Waals surface area contributed by atoms with Gasteiger partial charge in [-0.2, -0.15) is 0 Å². The minimum absolute atomic E-state index is 0.0963. The Kier molecular flexibility index (Phi) is 1.94. The van der Waals surface area contributed by atoms with E-state index in [-0.39, 0.29) is 31.1 Å². The van der Waals surface area contributed by atoms with Crippen molar-refractivity contribution in [2.24, 2.45) is 0 Å². The quantitative estimate of drug-likeness (QED) is 0.598. The van der Waals surface area contributed by atoms with Crippen LogP contribution in [-0.4, -0.2) is 47.5 Å². The highest BCUT2D eigenvalue weighted by Gasteiger charge is 2.43. The molecule has 1 heterocycles. The first kappa shape index (κ1) is 8.47. The molecule has 1 aliphatic carbocycles. The van der Waals surface area contributed by atoms with Crippen molar-refractivity contribution >= 4 is 11.9 Å². The van der Waals surface area contributed by atoms with Crippen molar-refractivity contribution in [3.63, 3.8) is 0 Å². The van der Waals surface area contributed by atoms with Gasteiger partial charge in [-0.1, -0.05) is 0 Å². The molecule has 1 saturated heterocycles. The van der Waals surface area contributed by atoms with Gasteiger partial charge in [0.25, 0.3) is 0 Å². The number of nitrogens with zero attached hydrogens (tertiary/aromatic N) is 2. The highest BCUT2D eigenvalue weighted by molar-refractivity contribution is 6.02. The zero-order valence-electron chi connectivity index (χ0n) is 7.20. The minimum atomic E-state index is -0.657. The third-order valence-electron chi connectivity index (χ3n) is 2.38. The molecule has 0 unspecified atom stereocenters. The van der Waals surface area contributed by atoms with Crippen LogP contribution in [0.15, 0.2) is 0 Å². The number of imide groups is 1. The Morgan fingerprint density at radius 2 is 2.08 bits per heavy atom. The first-order valence-electron chi connectivity index (χ1n) is 4.41. The van der Waals surface area contributed by atoms with Crippen molar-refractivity contribution in [1.29, 1.82) is 0 Å². The molecule has 1 aliphatic heterocycles. The molecular weight excluding hydrogens is 175 g/mol. The van der Waals surface area contributed by atoms with Gasteiger partial charge in [-0.25, -0.2) is 9.18 Å². The maximum Gasteiger partial charge on any atom is 0.327 e. The first-order valence-corrected chi connectivity index (χ1v) is 4.41. The lowest BCUT2D eigenvalue weighted by Gasteiger charge is -2.14. The fraction of sp³-hybridized carbons (Fsp3) is 0.750. The number of carbonyl (C=O) groups is 2. The maximum atomic E-state index is 12.0. The number of amides is 3. The average molecular weight is 186 g/mol. The molecule has 0 atom stereocenters. The van der Waals surface area contributed by atoms with Crippen LogP contribution in [0.25, 0.3) is 0 Å². The summed E-state index contributed by atoms with van der Waals surface area (Å²) in [5.74, 6) is -0.269. The highest BCUT2D eigenvalue weighted by Crippen LogP contribution is 2.30. The lowest BCUT2D eigenvalue weighted by Crippen LogP contribution is -2.35. The zero-order valence-corrected chi connectivity index (χ0v) is 7.20. The molecule has 0 spiro atoms. The van der Waals surface area contributed by atoms with E-state index in [0.717, 1.165) is 17.7 Å². The van der Waals surface area contributed by atoms with Gasteiger partial charge in [-0.15, -0.1) is 0 Å². The van der Waals surface area contributed by atoms with E-state index in [9.17, 15) is 14.0 Å². The van der Waals surface area contributed by atoms with E-state index in [0.29, 0.717) is 0 Å². The largest absolute Gasteiger partial charge is 0.327 e. The molecule has 5 heteroatoms. The van der Waals surface area contributed by atoms with Gasteiger partial charge < -0.3 is 4.90 Å². The summed E-state index contributed by atoms with van der Waals surface area (Å²) in [7, 11) is 0. The molecule has 0 N–H and O–H groups in total. The summed E-state index contributed by atoms with van der Waals surface area (Å²) in [6, 6.07) is -0.0776. The third kappa shape index (κ3) is 1.38. The van der Waals surface area contributed by atoms with Crippen molar-refractivity contribution in [3.05, 3.63) is 0 Å². The van der Waals surface area contributed by atoms with Crippen LogP contribution in [0.3, 0.4) is 0 Å². The van der Waals surface area contributed by atoms with Gasteiger partial charge in [0.05, 0.1) is 6.54 Å². The van der Waals surface area contributed by atoms with Gasteiger partial charge in [0.2, 0.25) is 5.91 Å². The molecule has 0 aromatic rings. The Labute approximate surface area is 75.3 Å². The number of carbonyl (C=O) groups excluding carboxylic acids is 2. The lowest BCUT2D eigenvalue weighted by molar-refractivity contribution is -0.125. The molecule has 2 fully saturated rings. The summed E-state index contributed by atoms with van der Waals surface area (Å²) in [6.45, 7) is -0.611. The summed E-state index contributed by atoms with van der Waals surface area (Å²) < 4.78 is 12.0. The number of halogens is 1. The predicted molar refractivity (Wildman–Crippen MR) is 42.8 cm³/mol. The van der Waals surface area contributed by atoms with Gasteiger partial charge in [-0.05, 0) is 12.8 Å². The van der Waals surface area contributed by atoms with Crippen molar-refractivity contribution in [2.75, 3.05) is 19.8 Å². The van der Waals surface area contributed by atoms with Gasteiger partial charge in [0.15, 0.2) is 0 Å². The molecule has 4 nitrogen and oxygen atoms in total. The van der Waals surface area contributed by atoms with E-state index in [1.165, 1.54) is 4.90 Å². The monoisotopic (exact) mass is 186 g/mol. The second-order valence-electron chi connectivity index (χ2n) is 3.38. The Hall–Kier alpha value is -1.13. The average Bonchev–Trinajstić information content (AvgIpc) is 2.88. The van der Waals surface area contributed by atoms with E-state index in [4.69, 9.17) is 0 Å². The molecular formula is C8H11FN2O2. The Bertz CT molecular complexity index is 253. The van der Waals surface area contributed by atoms with Gasteiger partial charge in [0, 0.05) is 6.04 Å². The fourth-order valence-electron chi connectivity index (χ4n) is 1.54. The summed E-state index contributed by atoms with van der Waals surface area (Å²) in [4.78, 5) is 25.2. The van der Waals surface area contributed by atoms with Gasteiger partial charge in [0.1, 0.15) is 13.2 Å². The van der Waals surface area contributed by atoms with E-state index in [2.05, 4.69) is 0 Å². The zero-order chi connectivity index (χ0) is 9.42. The second kappa shape index (κ2) is 2.97. The Morgan fingerprint density at radius 3 is 2.62 bits per heavy atom. The molecule has 0 aromatic carbocycles. The van der Waals surface area contributed by atoms with Crippen LogP contribution >= 0.6 is 0 Å². The van der Waals surface area contributed by atoms with E-state index in [1.54, 1.807) is 0 Å². The normalized spacial score (nSPS) is 23.2. The number of urea groups is 1. The number of hydrogen-bond donors (Lipinski definition) is 0.